The molecule has 0 aliphatic rings. The lowest BCUT2D eigenvalue weighted by atomic mass is 10.3. The first-order valence-corrected chi connectivity index (χ1v) is 7.71. The Bertz CT molecular complexity index is 368. The highest BCUT2D eigenvalue weighted by Gasteiger charge is 2.08. The maximum Gasteiger partial charge on any atom is 0.128 e. The topological polar surface area (TPSA) is 28.2 Å². The maximum atomic E-state index is 6.21. The van der Waals surface area contributed by atoms with E-state index in [1.807, 2.05) is 12.1 Å². The zero-order chi connectivity index (χ0) is 14.1. The minimum absolute atomic E-state index is 0.742. The summed E-state index contributed by atoms with van der Waals surface area (Å²) in [4.78, 5) is 7.01. The van der Waals surface area contributed by atoms with Crippen molar-refractivity contribution >= 4 is 17.4 Å². The average molecular weight is 284 g/mol. The largest absolute Gasteiger partial charge is 0.357 e. The maximum absolute atomic E-state index is 6.21. The molecule has 0 saturated heterocycles. The van der Waals surface area contributed by atoms with Crippen LogP contribution in [0.4, 0.5) is 5.82 Å². The molecule has 108 valence electrons. The molecule has 0 unspecified atom stereocenters. The summed E-state index contributed by atoms with van der Waals surface area (Å²) in [6.45, 7) is 10.3. The number of nitrogens with zero attached hydrogens (tertiary/aromatic N) is 2. The van der Waals surface area contributed by atoms with Gasteiger partial charge < -0.3 is 10.2 Å². The number of unbranched alkanes of at least 4 members (excludes halogenated alkanes) is 1. The highest BCUT2D eigenvalue weighted by atomic mass is 35.5. The molecule has 1 N–H and O–H groups in total. The van der Waals surface area contributed by atoms with E-state index in [2.05, 4.69) is 31.0 Å². The Morgan fingerprint density at radius 3 is 2.63 bits per heavy atom. The lowest BCUT2D eigenvalue weighted by Crippen LogP contribution is -2.25. The van der Waals surface area contributed by atoms with E-state index in [4.69, 9.17) is 16.6 Å². The van der Waals surface area contributed by atoms with E-state index in [1.165, 1.54) is 12.8 Å². The first-order chi connectivity index (χ1) is 9.22. The van der Waals surface area contributed by atoms with E-state index in [9.17, 15) is 0 Å². The fraction of sp³-hybridized carbons (Fsp3) is 0.667. The second kappa shape index (κ2) is 9.16. The van der Waals surface area contributed by atoms with Gasteiger partial charge in [0, 0.05) is 19.6 Å². The van der Waals surface area contributed by atoms with E-state index in [-0.39, 0.29) is 0 Å². The molecule has 0 saturated carbocycles. The molecule has 19 heavy (non-hydrogen) atoms. The average Bonchev–Trinajstić information content (AvgIpc) is 2.43. The fourth-order valence-corrected chi connectivity index (χ4v) is 2.11. The van der Waals surface area contributed by atoms with Gasteiger partial charge in [0.1, 0.15) is 5.82 Å². The van der Waals surface area contributed by atoms with Gasteiger partial charge in [0.25, 0.3) is 0 Å². The first-order valence-electron chi connectivity index (χ1n) is 7.33. The summed E-state index contributed by atoms with van der Waals surface area (Å²) in [5.74, 6) is 1.04. The number of aromatic nitrogens is 1. The van der Waals surface area contributed by atoms with Crippen molar-refractivity contribution in [3.8, 4) is 0 Å². The molecular weight excluding hydrogens is 258 g/mol. The Kier molecular flexibility index (Phi) is 7.84. The number of halogens is 1. The van der Waals surface area contributed by atoms with Gasteiger partial charge in [-0.15, -0.1) is 0 Å². The molecule has 1 aromatic rings. The van der Waals surface area contributed by atoms with Gasteiger partial charge in [0.15, 0.2) is 0 Å². The van der Waals surface area contributed by atoms with Gasteiger partial charge in [-0.3, -0.25) is 0 Å². The highest BCUT2D eigenvalue weighted by Crippen LogP contribution is 2.19. The van der Waals surface area contributed by atoms with Crippen LogP contribution >= 0.6 is 11.6 Å². The minimum Gasteiger partial charge on any atom is -0.357 e. The molecule has 4 heteroatoms. The summed E-state index contributed by atoms with van der Waals surface area (Å²) in [5.41, 5.74) is 0.947. The van der Waals surface area contributed by atoms with E-state index in [1.54, 1.807) is 0 Å². The predicted molar refractivity (Wildman–Crippen MR) is 84.0 cm³/mol. The van der Waals surface area contributed by atoms with E-state index in [0.717, 1.165) is 49.1 Å². The molecule has 0 aromatic carbocycles. The van der Waals surface area contributed by atoms with Crippen molar-refractivity contribution in [3.05, 3.63) is 22.8 Å². The summed E-state index contributed by atoms with van der Waals surface area (Å²) in [6.07, 6.45) is 3.52. The fourth-order valence-electron chi connectivity index (χ4n) is 1.94. The van der Waals surface area contributed by atoms with Crippen molar-refractivity contribution in [3.63, 3.8) is 0 Å². The van der Waals surface area contributed by atoms with Crippen molar-refractivity contribution in [2.45, 2.75) is 46.6 Å². The number of nitrogens with one attached hydrogen (secondary N) is 1. The van der Waals surface area contributed by atoms with Crippen LogP contribution in [0.3, 0.4) is 0 Å². The van der Waals surface area contributed by atoms with Crippen LogP contribution < -0.4 is 10.2 Å². The molecule has 0 spiro atoms. The van der Waals surface area contributed by atoms with Gasteiger partial charge in [0.2, 0.25) is 0 Å². The first kappa shape index (κ1) is 16.3. The van der Waals surface area contributed by atoms with Gasteiger partial charge in [-0.1, -0.05) is 31.9 Å². The molecule has 1 heterocycles. The molecule has 0 aliphatic carbocycles. The molecule has 0 aliphatic heterocycles. The number of hydrogen-bond donors (Lipinski definition) is 1. The van der Waals surface area contributed by atoms with Crippen LogP contribution in [0.25, 0.3) is 0 Å². The summed E-state index contributed by atoms with van der Waals surface area (Å²) < 4.78 is 0. The van der Waals surface area contributed by atoms with Crippen LogP contribution in [-0.4, -0.2) is 24.6 Å². The van der Waals surface area contributed by atoms with Crippen LogP contribution in [0.5, 0.6) is 0 Å². The van der Waals surface area contributed by atoms with Crippen molar-refractivity contribution in [2.75, 3.05) is 24.5 Å². The van der Waals surface area contributed by atoms with Crippen molar-refractivity contribution in [2.24, 2.45) is 0 Å². The second-order valence-electron chi connectivity index (χ2n) is 4.71. The van der Waals surface area contributed by atoms with Gasteiger partial charge in [-0.05, 0) is 38.4 Å². The molecule has 0 atom stereocenters. The number of hydrogen-bond acceptors (Lipinski definition) is 3. The summed E-state index contributed by atoms with van der Waals surface area (Å²) in [5, 5.41) is 4.10. The highest BCUT2D eigenvalue weighted by molar-refractivity contribution is 6.31. The number of pyridine rings is 1. The normalized spacial score (nSPS) is 10.7. The third-order valence-electron chi connectivity index (χ3n) is 3.11. The van der Waals surface area contributed by atoms with E-state index in [0.29, 0.717) is 0 Å². The minimum atomic E-state index is 0.742. The monoisotopic (exact) mass is 283 g/mol. The molecule has 1 rings (SSSR count). The number of anilines is 1. The Balaban J connectivity index is 2.74. The third kappa shape index (κ3) is 5.37. The summed E-state index contributed by atoms with van der Waals surface area (Å²) in [6, 6.07) is 3.98. The Morgan fingerprint density at radius 2 is 2.00 bits per heavy atom. The quantitative estimate of drug-likeness (QED) is 0.698. The number of rotatable bonds is 9. The zero-order valence-corrected chi connectivity index (χ0v) is 13.1. The molecule has 0 amide bonds. The van der Waals surface area contributed by atoms with Crippen LogP contribution in [0.1, 0.15) is 45.7 Å². The van der Waals surface area contributed by atoms with Gasteiger partial charge in [-0.2, -0.15) is 0 Å². The lowest BCUT2D eigenvalue weighted by molar-refractivity contribution is 0.661. The molecule has 0 fully saturated rings. The third-order valence-corrected chi connectivity index (χ3v) is 3.45. The van der Waals surface area contributed by atoms with Crippen LogP contribution in [0.2, 0.25) is 5.02 Å². The molecule has 0 radical (unpaired) electrons. The standard InChI is InChI=1S/C15H26ClN3/c1-4-7-11-19(6-3)15-9-8-13(16)14(18-15)12-17-10-5-2/h8-9,17H,4-7,10-12H2,1-3H3. The van der Waals surface area contributed by atoms with Gasteiger partial charge in [0.05, 0.1) is 10.7 Å². The van der Waals surface area contributed by atoms with Gasteiger partial charge >= 0.3 is 0 Å². The van der Waals surface area contributed by atoms with Crippen molar-refractivity contribution < 1.29 is 0 Å². The van der Waals surface area contributed by atoms with Crippen LogP contribution in [0, 0.1) is 0 Å². The Morgan fingerprint density at radius 1 is 1.21 bits per heavy atom. The second-order valence-corrected chi connectivity index (χ2v) is 5.12. The van der Waals surface area contributed by atoms with E-state index >= 15 is 0 Å². The zero-order valence-electron chi connectivity index (χ0n) is 12.4. The summed E-state index contributed by atoms with van der Waals surface area (Å²) >= 11 is 6.21. The van der Waals surface area contributed by atoms with Crippen LogP contribution in [-0.2, 0) is 6.54 Å². The Hall–Kier alpha value is -0.800. The smallest absolute Gasteiger partial charge is 0.128 e. The molecule has 3 nitrogen and oxygen atoms in total. The molecular formula is C15H26ClN3. The molecule has 0 bridgehead atoms. The molecule has 1 aromatic heterocycles. The predicted octanol–water partition coefficient (Wildman–Crippen LogP) is 3.86. The van der Waals surface area contributed by atoms with Crippen LogP contribution in [0.15, 0.2) is 12.1 Å². The van der Waals surface area contributed by atoms with Crippen molar-refractivity contribution in [1.29, 1.82) is 0 Å². The van der Waals surface area contributed by atoms with E-state index < -0.39 is 0 Å². The SMILES string of the molecule is CCCCN(CC)c1ccc(Cl)c(CNCCC)n1. The summed E-state index contributed by atoms with van der Waals surface area (Å²) in [7, 11) is 0. The van der Waals surface area contributed by atoms with Gasteiger partial charge in [-0.25, -0.2) is 4.98 Å². The van der Waals surface area contributed by atoms with Crippen molar-refractivity contribution in [1.82, 2.24) is 10.3 Å². The Labute approximate surface area is 122 Å². The lowest BCUT2D eigenvalue weighted by Gasteiger charge is -2.22.